The first-order chi connectivity index (χ1) is 17.3. The molecule has 2 aromatic carbocycles. The van der Waals surface area contributed by atoms with Crippen LogP contribution in [0.4, 0.5) is 25.1 Å². The molecule has 0 bridgehead atoms. The van der Waals surface area contributed by atoms with E-state index in [-0.39, 0.29) is 30.7 Å². The number of aromatic amines is 1. The Balaban J connectivity index is 1.39. The fourth-order valence-electron chi connectivity index (χ4n) is 4.81. The van der Waals surface area contributed by atoms with Crippen molar-refractivity contribution in [1.82, 2.24) is 30.2 Å². The maximum absolute atomic E-state index is 13.3. The standard InChI is InChI=1S/C24H25F3N8O/c1-34-20-5-3-2-4-19(20)28-23(34)35(18-12-10-17(11-13-18)24(25,26)27)14-15-6-8-16(9-7-15)21(36)29-22-30-32-33-31-22/h2-9,17-18H,10-14H2,1H3,(H2,29,30,31,32,33,36). The van der Waals surface area contributed by atoms with Gasteiger partial charge in [0.2, 0.25) is 5.95 Å². The van der Waals surface area contributed by atoms with E-state index in [9.17, 15) is 18.0 Å². The van der Waals surface area contributed by atoms with Gasteiger partial charge in [0, 0.05) is 25.2 Å². The van der Waals surface area contributed by atoms with E-state index in [1.807, 2.05) is 48.0 Å². The Hall–Kier alpha value is -3.96. The number of aryl methyl sites for hydroxylation is 1. The second-order valence-corrected chi connectivity index (χ2v) is 9.02. The summed E-state index contributed by atoms with van der Waals surface area (Å²) in [6, 6.07) is 14.7. The van der Waals surface area contributed by atoms with Gasteiger partial charge in [-0.05, 0) is 60.7 Å². The number of anilines is 2. The Labute approximate surface area is 204 Å². The van der Waals surface area contributed by atoms with Gasteiger partial charge < -0.3 is 9.47 Å². The summed E-state index contributed by atoms with van der Waals surface area (Å²) in [5.74, 6) is -0.842. The number of carbonyl (C=O) groups is 1. The molecule has 2 heterocycles. The van der Waals surface area contributed by atoms with E-state index < -0.39 is 12.1 Å². The highest BCUT2D eigenvalue weighted by molar-refractivity contribution is 6.03. The molecule has 2 aromatic heterocycles. The molecular formula is C24H25F3N8O. The number of para-hydroxylation sites is 2. The molecule has 36 heavy (non-hydrogen) atoms. The van der Waals surface area contributed by atoms with E-state index >= 15 is 0 Å². The summed E-state index contributed by atoms with van der Waals surface area (Å²) < 4.78 is 41.9. The summed E-state index contributed by atoms with van der Waals surface area (Å²) in [6.45, 7) is 0.450. The summed E-state index contributed by atoms with van der Waals surface area (Å²) in [5, 5.41) is 15.6. The van der Waals surface area contributed by atoms with Gasteiger partial charge in [0.15, 0.2) is 0 Å². The lowest BCUT2D eigenvalue weighted by Crippen LogP contribution is -2.41. The minimum atomic E-state index is -4.16. The van der Waals surface area contributed by atoms with E-state index in [0.717, 1.165) is 16.6 Å². The first-order valence-electron chi connectivity index (χ1n) is 11.7. The number of rotatable bonds is 6. The van der Waals surface area contributed by atoms with Gasteiger partial charge in [0.1, 0.15) is 0 Å². The quantitative estimate of drug-likeness (QED) is 0.407. The molecule has 188 valence electrons. The molecule has 2 N–H and O–H groups in total. The van der Waals surface area contributed by atoms with Crippen molar-refractivity contribution < 1.29 is 18.0 Å². The molecule has 5 rings (SSSR count). The number of carbonyl (C=O) groups excluding carboxylic acids is 1. The fourth-order valence-corrected chi connectivity index (χ4v) is 4.81. The van der Waals surface area contributed by atoms with Crippen molar-refractivity contribution in [2.24, 2.45) is 13.0 Å². The van der Waals surface area contributed by atoms with Crippen molar-refractivity contribution in [3.05, 3.63) is 59.7 Å². The lowest BCUT2D eigenvalue weighted by atomic mass is 9.85. The SMILES string of the molecule is Cn1c(N(Cc2ccc(C(=O)Nc3nn[nH]n3)cc2)C2CCC(C(F)(F)F)CC2)nc2ccccc21. The second kappa shape index (κ2) is 9.59. The van der Waals surface area contributed by atoms with Crippen LogP contribution in [0.15, 0.2) is 48.5 Å². The molecular weight excluding hydrogens is 473 g/mol. The minimum absolute atomic E-state index is 0.0755. The highest BCUT2D eigenvalue weighted by Crippen LogP contribution is 2.40. The van der Waals surface area contributed by atoms with Gasteiger partial charge in [-0.2, -0.15) is 18.4 Å². The van der Waals surface area contributed by atoms with Gasteiger partial charge in [-0.1, -0.05) is 29.4 Å². The van der Waals surface area contributed by atoms with Crippen molar-refractivity contribution in [1.29, 1.82) is 0 Å². The number of imidazole rings is 1. The molecule has 0 radical (unpaired) electrons. The molecule has 1 saturated carbocycles. The number of benzene rings is 2. The fraction of sp³-hybridized carbons (Fsp3) is 0.375. The number of alkyl halides is 3. The van der Waals surface area contributed by atoms with Gasteiger partial charge in [0.05, 0.1) is 17.0 Å². The maximum atomic E-state index is 13.3. The van der Waals surface area contributed by atoms with Gasteiger partial charge in [-0.3, -0.25) is 10.1 Å². The monoisotopic (exact) mass is 498 g/mol. The average Bonchev–Trinajstić information content (AvgIpc) is 3.50. The highest BCUT2D eigenvalue weighted by atomic mass is 19.4. The molecule has 0 saturated heterocycles. The zero-order valence-corrected chi connectivity index (χ0v) is 19.5. The number of hydrogen-bond acceptors (Lipinski definition) is 6. The zero-order chi connectivity index (χ0) is 25.3. The minimum Gasteiger partial charge on any atom is -0.335 e. The molecule has 0 aliphatic heterocycles. The van der Waals surface area contributed by atoms with Gasteiger partial charge >= 0.3 is 6.18 Å². The smallest absolute Gasteiger partial charge is 0.335 e. The predicted octanol–water partition coefficient (Wildman–Crippen LogP) is 4.47. The van der Waals surface area contributed by atoms with Gasteiger partial charge in [-0.25, -0.2) is 4.98 Å². The van der Waals surface area contributed by atoms with Crippen LogP contribution in [0.25, 0.3) is 11.0 Å². The molecule has 0 spiro atoms. The number of aromatic nitrogens is 6. The Morgan fingerprint density at radius 2 is 1.83 bits per heavy atom. The summed E-state index contributed by atoms with van der Waals surface area (Å²) >= 11 is 0. The number of H-pyrrole nitrogens is 1. The van der Waals surface area contributed by atoms with Crippen molar-refractivity contribution in [3.63, 3.8) is 0 Å². The zero-order valence-electron chi connectivity index (χ0n) is 19.5. The highest BCUT2D eigenvalue weighted by Gasteiger charge is 2.42. The molecule has 1 aliphatic carbocycles. The van der Waals surface area contributed by atoms with Crippen LogP contribution in [-0.4, -0.2) is 48.3 Å². The van der Waals surface area contributed by atoms with Gasteiger partial charge in [-0.15, -0.1) is 5.10 Å². The Bertz CT molecular complexity index is 1330. The van der Waals surface area contributed by atoms with Crippen LogP contribution in [0.5, 0.6) is 0 Å². The van der Waals surface area contributed by atoms with Crippen LogP contribution in [0, 0.1) is 5.92 Å². The van der Waals surface area contributed by atoms with Crippen LogP contribution in [-0.2, 0) is 13.6 Å². The molecule has 0 unspecified atom stereocenters. The first kappa shape index (κ1) is 23.8. The summed E-state index contributed by atoms with van der Waals surface area (Å²) in [6.07, 6.45) is -3.10. The number of fused-ring (bicyclic) bond motifs is 1. The molecule has 0 atom stereocenters. The van der Waals surface area contributed by atoms with E-state index in [4.69, 9.17) is 4.98 Å². The lowest BCUT2D eigenvalue weighted by molar-refractivity contribution is -0.182. The van der Waals surface area contributed by atoms with Crippen LogP contribution < -0.4 is 10.2 Å². The van der Waals surface area contributed by atoms with Crippen molar-refractivity contribution in [2.45, 2.75) is 44.4 Å². The number of tetrazole rings is 1. The Morgan fingerprint density at radius 3 is 2.47 bits per heavy atom. The maximum Gasteiger partial charge on any atom is 0.391 e. The van der Waals surface area contributed by atoms with E-state index in [2.05, 4.69) is 30.8 Å². The molecule has 1 amide bonds. The van der Waals surface area contributed by atoms with E-state index in [1.165, 1.54) is 0 Å². The van der Waals surface area contributed by atoms with Crippen molar-refractivity contribution >= 4 is 28.8 Å². The second-order valence-electron chi connectivity index (χ2n) is 9.02. The van der Waals surface area contributed by atoms with Crippen LogP contribution >= 0.6 is 0 Å². The number of nitrogens with one attached hydrogen (secondary N) is 2. The molecule has 4 aromatic rings. The average molecular weight is 499 g/mol. The van der Waals surface area contributed by atoms with Gasteiger partial charge in [0.25, 0.3) is 11.9 Å². The first-order valence-corrected chi connectivity index (χ1v) is 11.7. The summed E-state index contributed by atoms with van der Waals surface area (Å²) in [7, 11) is 1.92. The number of hydrogen-bond donors (Lipinski definition) is 2. The molecule has 1 fully saturated rings. The number of nitrogens with zero attached hydrogens (tertiary/aromatic N) is 6. The molecule has 12 heteroatoms. The third-order valence-electron chi connectivity index (χ3n) is 6.76. The third-order valence-corrected chi connectivity index (χ3v) is 6.76. The predicted molar refractivity (Wildman–Crippen MR) is 127 cm³/mol. The Kier molecular flexibility index (Phi) is 6.33. The third kappa shape index (κ3) is 4.88. The summed E-state index contributed by atoms with van der Waals surface area (Å²) in [5.41, 5.74) is 3.12. The summed E-state index contributed by atoms with van der Waals surface area (Å²) in [4.78, 5) is 19.3. The topological polar surface area (TPSA) is 105 Å². The van der Waals surface area contributed by atoms with E-state index in [0.29, 0.717) is 30.9 Å². The van der Waals surface area contributed by atoms with Crippen LogP contribution in [0.3, 0.4) is 0 Å². The largest absolute Gasteiger partial charge is 0.391 e. The number of halogens is 3. The van der Waals surface area contributed by atoms with Crippen LogP contribution in [0.2, 0.25) is 0 Å². The number of amides is 1. The normalized spacial score (nSPS) is 18.3. The molecule has 9 nitrogen and oxygen atoms in total. The molecule has 1 aliphatic rings. The lowest BCUT2D eigenvalue weighted by Gasteiger charge is -2.38. The Morgan fingerprint density at radius 1 is 1.11 bits per heavy atom. The van der Waals surface area contributed by atoms with E-state index in [1.54, 1.807) is 12.1 Å². The van der Waals surface area contributed by atoms with Crippen molar-refractivity contribution in [2.75, 3.05) is 10.2 Å². The van der Waals surface area contributed by atoms with Crippen molar-refractivity contribution in [3.8, 4) is 0 Å². The van der Waals surface area contributed by atoms with Crippen LogP contribution in [0.1, 0.15) is 41.6 Å².